The summed E-state index contributed by atoms with van der Waals surface area (Å²) in [7, 11) is 1.44. The van der Waals surface area contributed by atoms with Crippen LogP contribution in [0.4, 0.5) is 0 Å². The normalized spacial score (nSPS) is 14.6. The Morgan fingerprint density at radius 1 is 1.32 bits per heavy atom. The number of carbonyl (C=O) groups is 2. The van der Waals surface area contributed by atoms with Gasteiger partial charge in [-0.3, -0.25) is 9.59 Å². The molecule has 1 aromatic carbocycles. The standard InChI is InChI=1S/C16H16N2O4/c1-17-14(19)11-7-9-5-6-10(8-3-2-4-8)12(16(21)22)13(9)18-15(11)20/h5-8H,2-4H2,1H3,(H,17,19)(H,18,20)(H,21,22). The number of rotatable bonds is 3. The number of aromatic carboxylic acids is 1. The van der Waals surface area contributed by atoms with Crippen molar-refractivity contribution in [3.63, 3.8) is 0 Å². The molecule has 1 aromatic heterocycles. The first-order chi connectivity index (χ1) is 10.5. The molecule has 0 saturated heterocycles. The fourth-order valence-electron chi connectivity index (χ4n) is 2.88. The van der Waals surface area contributed by atoms with Gasteiger partial charge in [-0.1, -0.05) is 18.6 Å². The number of carbonyl (C=O) groups excluding carboxylic acids is 1. The fourth-order valence-corrected chi connectivity index (χ4v) is 2.88. The summed E-state index contributed by atoms with van der Waals surface area (Å²) in [5, 5.41) is 12.5. The van der Waals surface area contributed by atoms with Crippen molar-refractivity contribution < 1.29 is 14.7 Å². The molecule has 2 aromatic rings. The maximum absolute atomic E-state index is 12.1. The maximum Gasteiger partial charge on any atom is 0.338 e. The van der Waals surface area contributed by atoms with E-state index >= 15 is 0 Å². The van der Waals surface area contributed by atoms with Crippen LogP contribution in [0.5, 0.6) is 0 Å². The molecule has 1 aliphatic rings. The molecule has 0 aliphatic heterocycles. The number of hydrogen-bond acceptors (Lipinski definition) is 3. The van der Waals surface area contributed by atoms with E-state index in [1.54, 1.807) is 12.1 Å². The van der Waals surface area contributed by atoms with Crippen LogP contribution in [-0.4, -0.2) is 29.0 Å². The van der Waals surface area contributed by atoms with E-state index in [9.17, 15) is 19.5 Å². The molecule has 0 bridgehead atoms. The van der Waals surface area contributed by atoms with Crippen molar-refractivity contribution in [2.45, 2.75) is 25.2 Å². The molecule has 6 heteroatoms. The predicted octanol–water partition coefficient (Wildman–Crippen LogP) is 1.85. The molecule has 6 nitrogen and oxygen atoms in total. The Bertz CT molecular complexity index is 834. The SMILES string of the molecule is CNC(=O)c1cc2ccc(C3CCC3)c(C(=O)O)c2[nH]c1=O. The van der Waals surface area contributed by atoms with Gasteiger partial charge in [0, 0.05) is 7.05 Å². The second kappa shape index (κ2) is 5.29. The summed E-state index contributed by atoms with van der Waals surface area (Å²) in [6.45, 7) is 0. The van der Waals surface area contributed by atoms with Gasteiger partial charge in [-0.2, -0.15) is 0 Å². The number of carboxylic acids is 1. The zero-order valence-electron chi connectivity index (χ0n) is 12.1. The molecule has 0 atom stereocenters. The Kier molecular flexibility index (Phi) is 3.44. The Hall–Kier alpha value is -2.63. The number of aromatic nitrogens is 1. The molecule has 3 rings (SSSR count). The van der Waals surface area contributed by atoms with E-state index in [-0.39, 0.29) is 22.6 Å². The van der Waals surface area contributed by atoms with Gasteiger partial charge in [-0.15, -0.1) is 0 Å². The molecule has 0 unspecified atom stereocenters. The van der Waals surface area contributed by atoms with Crippen LogP contribution >= 0.6 is 0 Å². The highest BCUT2D eigenvalue weighted by Gasteiger charge is 2.26. The topological polar surface area (TPSA) is 99.3 Å². The Balaban J connectivity index is 2.28. The zero-order valence-corrected chi connectivity index (χ0v) is 12.1. The van der Waals surface area contributed by atoms with Crippen molar-refractivity contribution in [1.82, 2.24) is 10.3 Å². The highest BCUT2D eigenvalue weighted by molar-refractivity contribution is 6.05. The van der Waals surface area contributed by atoms with Crippen LogP contribution in [0, 0.1) is 0 Å². The number of benzene rings is 1. The lowest BCUT2D eigenvalue weighted by Gasteiger charge is -2.27. The van der Waals surface area contributed by atoms with Crippen LogP contribution in [0.15, 0.2) is 23.0 Å². The van der Waals surface area contributed by atoms with Crippen molar-refractivity contribution in [3.05, 3.63) is 45.2 Å². The van der Waals surface area contributed by atoms with Gasteiger partial charge < -0.3 is 15.4 Å². The third-order valence-electron chi connectivity index (χ3n) is 4.28. The fraction of sp³-hybridized carbons (Fsp3) is 0.312. The van der Waals surface area contributed by atoms with E-state index in [4.69, 9.17) is 0 Å². The predicted molar refractivity (Wildman–Crippen MR) is 81.5 cm³/mol. The van der Waals surface area contributed by atoms with Crippen molar-refractivity contribution in [2.24, 2.45) is 0 Å². The van der Waals surface area contributed by atoms with E-state index in [1.807, 2.05) is 0 Å². The summed E-state index contributed by atoms with van der Waals surface area (Å²) in [4.78, 5) is 38.0. The summed E-state index contributed by atoms with van der Waals surface area (Å²) in [6, 6.07) is 4.99. The van der Waals surface area contributed by atoms with Gasteiger partial charge in [0.2, 0.25) is 0 Å². The number of carboxylic acid groups (broad SMARTS) is 1. The lowest BCUT2D eigenvalue weighted by Crippen LogP contribution is -2.27. The number of hydrogen-bond donors (Lipinski definition) is 3. The van der Waals surface area contributed by atoms with E-state index in [1.165, 1.54) is 13.1 Å². The van der Waals surface area contributed by atoms with Crippen molar-refractivity contribution in [3.8, 4) is 0 Å². The number of nitrogens with one attached hydrogen (secondary N) is 2. The monoisotopic (exact) mass is 300 g/mol. The first kappa shape index (κ1) is 14.3. The lowest BCUT2D eigenvalue weighted by molar-refractivity contribution is 0.0696. The van der Waals surface area contributed by atoms with Crippen molar-refractivity contribution in [2.75, 3.05) is 7.05 Å². The van der Waals surface area contributed by atoms with Crippen LogP contribution in [0.1, 0.15) is 51.5 Å². The molecule has 1 heterocycles. The van der Waals surface area contributed by atoms with E-state index < -0.39 is 17.4 Å². The summed E-state index contributed by atoms with van der Waals surface area (Å²) >= 11 is 0. The van der Waals surface area contributed by atoms with E-state index in [2.05, 4.69) is 10.3 Å². The first-order valence-electron chi connectivity index (χ1n) is 7.18. The molecule has 1 fully saturated rings. The quantitative estimate of drug-likeness (QED) is 0.805. The zero-order chi connectivity index (χ0) is 15.9. The van der Waals surface area contributed by atoms with Gasteiger partial charge in [0.15, 0.2) is 0 Å². The van der Waals surface area contributed by atoms with Crippen LogP contribution < -0.4 is 10.9 Å². The molecule has 3 N–H and O–H groups in total. The Morgan fingerprint density at radius 3 is 2.59 bits per heavy atom. The average molecular weight is 300 g/mol. The number of aromatic amines is 1. The van der Waals surface area contributed by atoms with Gasteiger partial charge >= 0.3 is 5.97 Å². The van der Waals surface area contributed by atoms with Gasteiger partial charge in [-0.05, 0) is 35.8 Å². The van der Waals surface area contributed by atoms with Crippen LogP contribution in [0.3, 0.4) is 0 Å². The highest BCUT2D eigenvalue weighted by Crippen LogP contribution is 2.39. The smallest absolute Gasteiger partial charge is 0.338 e. The number of H-pyrrole nitrogens is 1. The molecule has 1 saturated carbocycles. The summed E-state index contributed by atoms with van der Waals surface area (Å²) in [6.07, 6.45) is 3.02. The summed E-state index contributed by atoms with van der Waals surface area (Å²) in [5.74, 6) is -1.32. The van der Waals surface area contributed by atoms with Gasteiger partial charge in [0.1, 0.15) is 5.56 Å². The minimum atomic E-state index is -1.06. The van der Waals surface area contributed by atoms with Crippen molar-refractivity contribution >= 4 is 22.8 Å². The maximum atomic E-state index is 12.1. The van der Waals surface area contributed by atoms with E-state index in [0.717, 1.165) is 24.8 Å². The molecule has 22 heavy (non-hydrogen) atoms. The Morgan fingerprint density at radius 2 is 2.05 bits per heavy atom. The molecular formula is C16H16N2O4. The first-order valence-corrected chi connectivity index (χ1v) is 7.18. The summed E-state index contributed by atoms with van der Waals surface area (Å²) in [5.41, 5.74) is 0.578. The molecule has 0 spiro atoms. The highest BCUT2D eigenvalue weighted by atomic mass is 16.4. The number of fused-ring (bicyclic) bond motifs is 1. The van der Waals surface area contributed by atoms with Crippen molar-refractivity contribution in [1.29, 1.82) is 0 Å². The van der Waals surface area contributed by atoms with Gasteiger partial charge in [0.05, 0.1) is 11.1 Å². The minimum absolute atomic E-state index is 0.0252. The lowest BCUT2D eigenvalue weighted by atomic mass is 9.77. The van der Waals surface area contributed by atoms with E-state index in [0.29, 0.717) is 5.39 Å². The van der Waals surface area contributed by atoms with Crippen LogP contribution in [-0.2, 0) is 0 Å². The van der Waals surface area contributed by atoms with Gasteiger partial charge in [0.25, 0.3) is 11.5 Å². The molecule has 0 radical (unpaired) electrons. The Labute approximate surface area is 126 Å². The molecule has 1 aliphatic carbocycles. The third-order valence-corrected chi connectivity index (χ3v) is 4.28. The number of amides is 1. The second-order valence-electron chi connectivity index (χ2n) is 5.52. The molecular weight excluding hydrogens is 284 g/mol. The largest absolute Gasteiger partial charge is 0.478 e. The average Bonchev–Trinajstić information content (AvgIpc) is 2.43. The third kappa shape index (κ3) is 2.16. The number of pyridine rings is 1. The van der Waals surface area contributed by atoms with Gasteiger partial charge in [-0.25, -0.2) is 4.79 Å². The molecule has 1 amide bonds. The van der Waals surface area contributed by atoms with Crippen LogP contribution in [0.25, 0.3) is 10.9 Å². The summed E-state index contributed by atoms with van der Waals surface area (Å²) < 4.78 is 0. The minimum Gasteiger partial charge on any atom is -0.478 e. The second-order valence-corrected chi connectivity index (χ2v) is 5.52. The van der Waals surface area contributed by atoms with Crippen LogP contribution in [0.2, 0.25) is 0 Å². The molecule has 114 valence electrons.